The molecule has 2 N–H and O–H groups in total. The molecule has 4 heteroatoms. The van der Waals surface area contributed by atoms with Crippen molar-refractivity contribution in [2.75, 3.05) is 18.4 Å². The maximum atomic E-state index is 10.9. The molecule has 0 unspecified atom stereocenters. The molecule has 2 aromatic rings. The van der Waals surface area contributed by atoms with Crippen LogP contribution >= 0.6 is 0 Å². The molecule has 0 atom stereocenters. The molecule has 0 aliphatic carbocycles. The second kappa shape index (κ2) is 9.79. The van der Waals surface area contributed by atoms with Gasteiger partial charge in [-0.25, -0.2) is 0 Å². The van der Waals surface area contributed by atoms with Crippen molar-refractivity contribution in [1.29, 1.82) is 0 Å². The fraction of sp³-hybridized carbons (Fsp3) is 0.292. The Kier molecular flexibility index (Phi) is 6.90. The molecule has 0 saturated carbocycles. The summed E-state index contributed by atoms with van der Waals surface area (Å²) >= 11 is 0. The van der Waals surface area contributed by atoms with E-state index in [2.05, 4.69) is 53.7 Å². The van der Waals surface area contributed by atoms with E-state index in [0.29, 0.717) is 6.41 Å². The van der Waals surface area contributed by atoms with E-state index >= 15 is 0 Å². The van der Waals surface area contributed by atoms with E-state index in [0.717, 1.165) is 35.6 Å². The Hall–Kier alpha value is -3.01. The lowest BCUT2D eigenvalue weighted by molar-refractivity contribution is -0.108. The summed E-state index contributed by atoms with van der Waals surface area (Å²) in [6, 6.07) is 16.5. The van der Waals surface area contributed by atoms with E-state index in [1.807, 2.05) is 30.3 Å². The highest BCUT2D eigenvalue weighted by molar-refractivity contribution is 5.80. The van der Waals surface area contributed by atoms with Gasteiger partial charge in [0.25, 0.3) is 0 Å². The topological polar surface area (TPSA) is 44.4 Å². The average Bonchev–Trinajstić information content (AvgIpc) is 2.74. The summed E-state index contributed by atoms with van der Waals surface area (Å²) < 4.78 is 0. The smallest absolute Gasteiger partial charge is 0.211 e. The van der Waals surface area contributed by atoms with Crippen LogP contribution in [0.2, 0.25) is 0 Å². The van der Waals surface area contributed by atoms with Gasteiger partial charge in [-0.2, -0.15) is 0 Å². The van der Waals surface area contributed by atoms with Gasteiger partial charge in [-0.1, -0.05) is 24.3 Å². The Morgan fingerprint density at radius 2 is 1.75 bits per heavy atom. The molecule has 28 heavy (non-hydrogen) atoms. The number of amides is 1. The van der Waals surface area contributed by atoms with Crippen LogP contribution in [0.3, 0.4) is 0 Å². The van der Waals surface area contributed by atoms with Crippen molar-refractivity contribution in [1.82, 2.24) is 10.2 Å². The van der Waals surface area contributed by atoms with E-state index in [1.54, 1.807) is 6.20 Å². The number of likely N-dealkylation sites (tertiary alicyclic amines) is 1. The van der Waals surface area contributed by atoms with E-state index < -0.39 is 0 Å². The second-order valence-electron chi connectivity index (χ2n) is 7.24. The Balaban J connectivity index is 1.91. The highest BCUT2D eigenvalue weighted by Gasteiger charge is 2.12. The lowest BCUT2D eigenvalue weighted by Crippen LogP contribution is -2.28. The zero-order chi connectivity index (χ0) is 19.8. The first-order valence-electron chi connectivity index (χ1n) is 9.93. The number of allylic oxidation sites excluding steroid dienone is 3. The first-order chi connectivity index (χ1) is 13.7. The van der Waals surface area contributed by atoms with Crippen LogP contribution in [0, 0.1) is 6.92 Å². The monoisotopic (exact) mass is 375 g/mol. The minimum absolute atomic E-state index is 0.714. The molecule has 0 spiro atoms. The fourth-order valence-electron chi connectivity index (χ4n) is 3.58. The van der Waals surface area contributed by atoms with E-state index in [4.69, 9.17) is 0 Å². The molecule has 0 aromatic heterocycles. The van der Waals surface area contributed by atoms with Gasteiger partial charge < -0.3 is 15.5 Å². The highest BCUT2D eigenvalue weighted by atomic mass is 16.1. The summed E-state index contributed by atoms with van der Waals surface area (Å²) in [7, 11) is 0. The van der Waals surface area contributed by atoms with Crippen molar-refractivity contribution in [3.8, 4) is 0 Å². The molecule has 3 rings (SSSR count). The highest BCUT2D eigenvalue weighted by Crippen LogP contribution is 2.27. The number of rotatable bonds is 7. The van der Waals surface area contributed by atoms with Gasteiger partial charge in [-0.15, -0.1) is 0 Å². The third-order valence-corrected chi connectivity index (χ3v) is 5.14. The molecule has 2 aromatic carbocycles. The van der Waals surface area contributed by atoms with Gasteiger partial charge in [0.05, 0.1) is 0 Å². The number of aryl methyl sites for hydroxylation is 1. The SMILES string of the molecule is C/C(=C\C(=C/NC=O)c1cc(Nc2ccccc2)ccc1C)N1CCCCC1. The van der Waals surface area contributed by atoms with E-state index in [-0.39, 0.29) is 0 Å². The molecule has 0 radical (unpaired) electrons. The minimum Gasteiger partial charge on any atom is -0.375 e. The number of hydrogen-bond acceptors (Lipinski definition) is 3. The standard InChI is InChI=1S/C24H29N3O/c1-19-11-12-23(26-22-9-5-3-6-10-22)16-24(19)21(17-25-18-28)15-20(2)27-13-7-4-8-14-27/h3,5-6,9-12,15-18,26H,4,7-8,13-14H2,1-2H3,(H,25,28)/b20-15+,21-17+. The summed E-state index contributed by atoms with van der Waals surface area (Å²) in [5.74, 6) is 0. The lowest BCUT2D eigenvalue weighted by atomic mass is 9.99. The molecule has 0 bridgehead atoms. The molecular weight excluding hydrogens is 346 g/mol. The third-order valence-electron chi connectivity index (χ3n) is 5.14. The van der Waals surface area contributed by atoms with Crippen LogP contribution in [-0.2, 0) is 4.79 Å². The van der Waals surface area contributed by atoms with Crippen molar-refractivity contribution < 1.29 is 4.79 Å². The summed E-state index contributed by atoms with van der Waals surface area (Å²) in [5.41, 5.74) is 6.58. The van der Waals surface area contributed by atoms with Crippen LogP contribution in [0.1, 0.15) is 37.3 Å². The maximum absolute atomic E-state index is 10.9. The van der Waals surface area contributed by atoms with Crippen LogP contribution in [0.15, 0.2) is 66.5 Å². The van der Waals surface area contributed by atoms with Gasteiger partial charge in [-0.3, -0.25) is 4.79 Å². The first-order valence-corrected chi connectivity index (χ1v) is 9.93. The van der Waals surface area contributed by atoms with Crippen LogP contribution in [0.25, 0.3) is 5.57 Å². The largest absolute Gasteiger partial charge is 0.375 e. The predicted molar refractivity (Wildman–Crippen MR) is 117 cm³/mol. The number of nitrogens with zero attached hydrogens (tertiary/aromatic N) is 1. The van der Waals surface area contributed by atoms with Gasteiger partial charge in [0.2, 0.25) is 6.41 Å². The predicted octanol–water partition coefficient (Wildman–Crippen LogP) is 5.22. The molecule has 1 aliphatic heterocycles. The number of carbonyl (C=O) groups is 1. The molecule has 1 saturated heterocycles. The summed E-state index contributed by atoms with van der Waals surface area (Å²) in [4.78, 5) is 13.4. The Morgan fingerprint density at radius 1 is 1.00 bits per heavy atom. The Bertz CT molecular complexity index is 849. The van der Waals surface area contributed by atoms with Crippen molar-refractivity contribution in [3.63, 3.8) is 0 Å². The van der Waals surface area contributed by atoms with Gasteiger partial charge >= 0.3 is 0 Å². The summed E-state index contributed by atoms with van der Waals surface area (Å²) in [6.45, 7) is 6.46. The lowest BCUT2D eigenvalue weighted by Gasteiger charge is -2.29. The molecular formula is C24H29N3O. The summed E-state index contributed by atoms with van der Waals surface area (Å²) in [6.07, 6.45) is 8.47. The average molecular weight is 376 g/mol. The molecule has 1 amide bonds. The van der Waals surface area contributed by atoms with Crippen LogP contribution in [-0.4, -0.2) is 24.4 Å². The van der Waals surface area contributed by atoms with Gasteiger partial charge in [0.1, 0.15) is 0 Å². The number of piperidine rings is 1. The molecule has 1 fully saturated rings. The van der Waals surface area contributed by atoms with Crippen LogP contribution < -0.4 is 10.6 Å². The van der Waals surface area contributed by atoms with Crippen molar-refractivity contribution in [2.45, 2.75) is 33.1 Å². The molecule has 1 heterocycles. The van der Waals surface area contributed by atoms with E-state index in [9.17, 15) is 4.79 Å². The minimum atomic E-state index is 0.714. The maximum Gasteiger partial charge on any atom is 0.211 e. The zero-order valence-corrected chi connectivity index (χ0v) is 16.7. The normalized spacial score (nSPS) is 15.3. The summed E-state index contributed by atoms with van der Waals surface area (Å²) in [5, 5.41) is 6.18. The number of nitrogens with one attached hydrogen (secondary N) is 2. The molecule has 146 valence electrons. The van der Waals surface area contributed by atoms with Crippen LogP contribution in [0.4, 0.5) is 11.4 Å². The molecule has 4 nitrogen and oxygen atoms in total. The number of anilines is 2. The van der Waals surface area contributed by atoms with Gasteiger partial charge in [-0.05, 0) is 80.2 Å². The molecule has 1 aliphatic rings. The second-order valence-corrected chi connectivity index (χ2v) is 7.24. The van der Waals surface area contributed by atoms with Crippen molar-refractivity contribution in [2.24, 2.45) is 0 Å². The van der Waals surface area contributed by atoms with Gasteiger partial charge in [0, 0.05) is 36.4 Å². The Labute approximate surface area is 168 Å². The number of carbonyl (C=O) groups excluding carboxylic acids is 1. The fourth-order valence-corrected chi connectivity index (χ4v) is 3.58. The first kappa shape index (κ1) is 19.7. The van der Waals surface area contributed by atoms with Crippen molar-refractivity contribution >= 4 is 23.4 Å². The number of hydrogen-bond donors (Lipinski definition) is 2. The number of para-hydroxylation sites is 1. The zero-order valence-electron chi connectivity index (χ0n) is 16.7. The van der Waals surface area contributed by atoms with Crippen LogP contribution in [0.5, 0.6) is 0 Å². The third kappa shape index (κ3) is 5.26. The quantitative estimate of drug-likeness (QED) is 0.515. The number of benzene rings is 2. The van der Waals surface area contributed by atoms with E-state index in [1.165, 1.54) is 30.5 Å². The Morgan fingerprint density at radius 3 is 2.46 bits per heavy atom. The van der Waals surface area contributed by atoms with Gasteiger partial charge in [0.15, 0.2) is 0 Å². The van der Waals surface area contributed by atoms with Crippen molar-refractivity contribution in [3.05, 3.63) is 77.6 Å².